The van der Waals surface area contributed by atoms with Crippen molar-refractivity contribution in [3.63, 3.8) is 0 Å². The molecule has 0 aliphatic heterocycles. The number of benzene rings is 1. The fourth-order valence-electron chi connectivity index (χ4n) is 1.60. The largest absolute Gasteiger partial charge is 0.323 e. The Hall–Kier alpha value is -1.06. The molecule has 0 aliphatic rings. The number of thioether (sulfide) groups is 1. The quantitative estimate of drug-likeness (QED) is 0.860. The van der Waals surface area contributed by atoms with Crippen molar-refractivity contribution in [2.75, 3.05) is 12.0 Å². The highest BCUT2D eigenvalue weighted by Gasteiger charge is 2.05. The van der Waals surface area contributed by atoms with Gasteiger partial charge >= 0.3 is 0 Å². The highest BCUT2D eigenvalue weighted by molar-refractivity contribution is 7.98. The van der Waals surface area contributed by atoms with E-state index in [1.165, 1.54) is 5.56 Å². The molecule has 0 amide bonds. The summed E-state index contributed by atoms with van der Waals surface area (Å²) >= 11 is 1.77. The summed E-state index contributed by atoms with van der Waals surface area (Å²) in [5, 5.41) is 1.16. The molecule has 1 unspecified atom stereocenters. The van der Waals surface area contributed by atoms with Crippen LogP contribution in [0.25, 0.3) is 10.9 Å². The van der Waals surface area contributed by atoms with Crippen molar-refractivity contribution in [2.45, 2.75) is 6.04 Å². The second-order valence-corrected chi connectivity index (χ2v) is 4.43. The van der Waals surface area contributed by atoms with Crippen LogP contribution in [-0.2, 0) is 0 Å². The molecule has 15 heavy (non-hydrogen) atoms. The zero-order chi connectivity index (χ0) is 10.7. The molecule has 1 aromatic carbocycles. The SMILES string of the molecule is CSCC(N)c1ccc2ncccc2c1. The summed E-state index contributed by atoms with van der Waals surface area (Å²) in [4.78, 5) is 4.28. The molecular formula is C12H14N2S. The molecule has 1 heterocycles. The number of hydrogen-bond donors (Lipinski definition) is 1. The molecule has 0 aliphatic carbocycles. The monoisotopic (exact) mass is 218 g/mol. The predicted octanol–water partition coefficient (Wildman–Crippen LogP) is 2.60. The van der Waals surface area contributed by atoms with Crippen LogP contribution < -0.4 is 5.73 Å². The van der Waals surface area contributed by atoms with Gasteiger partial charge in [0.1, 0.15) is 0 Å². The maximum Gasteiger partial charge on any atom is 0.0702 e. The van der Waals surface area contributed by atoms with Gasteiger partial charge in [-0.25, -0.2) is 0 Å². The lowest BCUT2D eigenvalue weighted by atomic mass is 10.1. The third-order valence-corrected chi connectivity index (χ3v) is 3.09. The molecule has 2 nitrogen and oxygen atoms in total. The van der Waals surface area contributed by atoms with E-state index in [1.54, 1.807) is 11.8 Å². The van der Waals surface area contributed by atoms with Crippen molar-refractivity contribution in [1.29, 1.82) is 0 Å². The van der Waals surface area contributed by atoms with Crippen LogP contribution in [0.3, 0.4) is 0 Å². The van der Waals surface area contributed by atoms with Crippen molar-refractivity contribution in [3.05, 3.63) is 42.1 Å². The number of aromatic nitrogens is 1. The lowest BCUT2D eigenvalue weighted by Crippen LogP contribution is -2.12. The summed E-state index contributed by atoms with van der Waals surface area (Å²) in [6.45, 7) is 0. The van der Waals surface area contributed by atoms with Crippen molar-refractivity contribution in [1.82, 2.24) is 4.98 Å². The van der Waals surface area contributed by atoms with Gasteiger partial charge in [-0.1, -0.05) is 12.1 Å². The summed E-state index contributed by atoms with van der Waals surface area (Å²) in [6.07, 6.45) is 3.88. The van der Waals surface area contributed by atoms with E-state index >= 15 is 0 Å². The second kappa shape index (κ2) is 4.64. The van der Waals surface area contributed by atoms with Gasteiger partial charge in [0, 0.05) is 23.4 Å². The number of nitrogens with two attached hydrogens (primary N) is 1. The van der Waals surface area contributed by atoms with Crippen LogP contribution >= 0.6 is 11.8 Å². The van der Waals surface area contributed by atoms with Crippen molar-refractivity contribution in [3.8, 4) is 0 Å². The zero-order valence-electron chi connectivity index (χ0n) is 8.68. The van der Waals surface area contributed by atoms with Gasteiger partial charge in [0.15, 0.2) is 0 Å². The average Bonchev–Trinajstić information content (AvgIpc) is 2.29. The summed E-state index contributed by atoms with van der Waals surface area (Å²) in [5.41, 5.74) is 8.27. The number of nitrogens with zero attached hydrogens (tertiary/aromatic N) is 1. The Balaban J connectivity index is 2.38. The number of pyridine rings is 1. The standard InChI is InChI=1S/C12H14N2S/c1-15-8-11(13)9-4-5-12-10(7-9)3-2-6-14-12/h2-7,11H,8,13H2,1H3. The van der Waals surface area contributed by atoms with E-state index in [1.807, 2.05) is 18.3 Å². The molecule has 0 saturated carbocycles. The minimum atomic E-state index is 0.115. The Morgan fingerprint density at radius 3 is 3.07 bits per heavy atom. The number of hydrogen-bond acceptors (Lipinski definition) is 3. The first-order chi connectivity index (χ1) is 7.31. The highest BCUT2D eigenvalue weighted by atomic mass is 32.2. The molecule has 0 fully saturated rings. The van der Waals surface area contributed by atoms with Gasteiger partial charge in [0.2, 0.25) is 0 Å². The third kappa shape index (κ3) is 2.30. The van der Waals surface area contributed by atoms with Crippen LogP contribution in [0, 0.1) is 0 Å². The number of fused-ring (bicyclic) bond motifs is 1. The first-order valence-corrected chi connectivity index (χ1v) is 6.30. The van der Waals surface area contributed by atoms with Crippen molar-refractivity contribution in [2.24, 2.45) is 5.73 Å². The Labute approximate surface area is 93.9 Å². The minimum Gasteiger partial charge on any atom is -0.323 e. The molecule has 0 bridgehead atoms. The molecule has 2 N–H and O–H groups in total. The third-order valence-electron chi connectivity index (χ3n) is 2.40. The number of rotatable bonds is 3. The fraction of sp³-hybridized carbons (Fsp3) is 0.250. The van der Waals surface area contributed by atoms with Crippen LogP contribution in [0.2, 0.25) is 0 Å². The van der Waals surface area contributed by atoms with Gasteiger partial charge in [-0.05, 0) is 30.0 Å². The molecule has 0 radical (unpaired) electrons. The van der Waals surface area contributed by atoms with E-state index in [0.717, 1.165) is 16.7 Å². The molecule has 2 rings (SSSR count). The van der Waals surface area contributed by atoms with Crippen LogP contribution in [0.4, 0.5) is 0 Å². The van der Waals surface area contributed by atoms with Gasteiger partial charge in [-0.3, -0.25) is 4.98 Å². The van der Waals surface area contributed by atoms with Crippen molar-refractivity contribution < 1.29 is 0 Å². The Morgan fingerprint density at radius 1 is 1.40 bits per heavy atom. The Bertz CT molecular complexity index is 456. The Morgan fingerprint density at radius 2 is 2.27 bits per heavy atom. The van der Waals surface area contributed by atoms with Gasteiger partial charge in [0.05, 0.1) is 5.52 Å². The van der Waals surface area contributed by atoms with Gasteiger partial charge < -0.3 is 5.73 Å². The summed E-state index contributed by atoms with van der Waals surface area (Å²) in [5.74, 6) is 0.950. The minimum absolute atomic E-state index is 0.115. The lowest BCUT2D eigenvalue weighted by Gasteiger charge is -2.10. The molecule has 0 spiro atoms. The summed E-state index contributed by atoms with van der Waals surface area (Å²) in [6, 6.07) is 10.4. The van der Waals surface area contributed by atoms with Crippen molar-refractivity contribution >= 4 is 22.7 Å². The zero-order valence-corrected chi connectivity index (χ0v) is 9.50. The van der Waals surface area contributed by atoms with E-state index < -0.39 is 0 Å². The normalized spacial score (nSPS) is 12.9. The first kappa shape index (κ1) is 10.5. The smallest absolute Gasteiger partial charge is 0.0702 e. The predicted molar refractivity (Wildman–Crippen MR) is 67.1 cm³/mol. The molecule has 78 valence electrons. The average molecular weight is 218 g/mol. The molecule has 0 saturated heterocycles. The van der Waals surface area contributed by atoms with Gasteiger partial charge in [-0.15, -0.1) is 0 Å². The van der Waals surface area contributed by atoms with E-state index in [9.17, 15) is 0 Å². The first-order valence-electron chi connectivity index (χ1n) is 4.90. The van der Waals surface area contributed by atoms with E-state index in [0.29, 0.717) is 0 Å². The summed E-state index contributed by atoms with van der Waals surface area (Å²) in [7, 11) is 0. The molecule has 1 aromatic heterocycles. The maximum atomic E-state index is 6.06. The highest BCUT2D eigenvalue weighted by Crippen LogP contribution is 2.19. The van der Waals surface area contributed by atoms with E-state index in [-0.39, 0.29) is 6.04 Å². The fourth-order valence-corrected chi connectivity index (χ4v) is 2.15. The van der Waals surface area contributed by atoms with Gasteiger partial charge in [-0.2, -0.15) is 11.8 Å². The molecule has 2 aromatic rings. The topological polar surface area (TPSA) is 38.9 Å². The van der Waals surface area contributed by atoms with Crippen LogP contribution in [0.5, 0.6) is 0 Å². The van der Waals surface area contributed by atoms with E-state index in [2.05, 4.69) is 29.4 Å². The maximum absolute atomic E-state index is 6.06. The van der Waals surface area contributed by atoms with Crippen LogP contribution in [-0.4, -0.2) is 17.0 Å². The summed E-state index contributed by atoms with van der Waals surface area (Å²) < 4.78 is 0. The molecule has 3 heteroatoms. The van der Waals surface area contributed by atoms with Crippen LogP contribution in [0.1, 0.15) is 11.6 Å². The van der Waals surface area contributed by atoms with Gasteiger partial charge in [0.25, 0.3) is 0 Å². The lowest BCUT2D eigenvalue weighted by molar-refractivity contribution is 0.834. The van der Waals surface area contributed by atoms with E-state index in [4.69, 9.17) is 5.73 Å². The molecular weight excluding hydrogens is 204 g/mol. The second-order valence-electron chi connectivity index (χ2n) is 3.52. The Kier molecular flexibility index (Phi) is 3.23. The van der Waals surface area contributed by atoms with Crippen LogP contribution in [0.15, 0.2) is 36.5 Å². The molecule has 1 atom stereocenters.